The number of carbonyl (C=O) groups excluding carboxylic acids is 1. The highest BCUT2D eigenvalue weighted by atomic mass is 35.5. The van der Waals surface area contributed by atoms with Crippen LogP contribution >= 0.6 is 22.9 Å². The number of nitrogens with zero attached hydrogens (tertiary/aromatic N) is 6. The number of benzene rings is 2. The van der Waals surface area contributed by atoms with Gasteiger partial charge in [-0.2, -0.15) is 15.2 Å². The maximum absolute atomic E-state index is 17.3. The van der Waals surface area contributed by atoms with Crippen LogP contribution < -0.4 is 20.1 Å². The fraction of sp³-hybridized carbons (Fsp3) is 0.500. The van der Waals surface area contributed by atoms with Gasteiger partial charge in [-0.05, 0) is 50.3 Å². The Bertz CT molecular complexity index is 2180. The summed E-state index contributed by atoms with van der Waals surface area (Å²) >= 11 is 7.96. The summed E-state index contributed by atoms with van der Waals surface area (Å²) in [6.45, 7) is 2.65. The van der Waals surface area contributed by atoms with Gasteiger partial charge in [-0.25, -0.2) is 13.2 Å². The minimum atomic E-state index is -0.969. The van der Waals surface area contributed by atoms with E-state index in [1.807, 2.05) is 11.0 Å². The third kappa shape index (κ3) is 5.48. The van der Waals surface area contributed by atoms with E-state index in [4.69, 9.17) is 36.5 Å². The first kappa shape index (κ1) is 33.7. The lowest BCUT2D eigenvalue weighted by atomic mass is 9.95. The highest BCUT2D eigenvalue weighted by Crippen LogP contribution is 2.51. The van der Waals surface area contributed by atoms with Gasteiger partial charge in [0.2, 0.25) is 5.91 Å². The Morgan fingerprint density at radius 3 is 2.83 bits per heavy atom. The Morgan fingerprint density at radius 2 is 2.02 bits per heavy atom. The summed E-state index contributed by atoms with van der Waals surface area (Å²) in [7, 11) is 0. The summed E-state index contributed by atoms with van der Waals surface area (Å²) in [5.41, 5.74) is 5.51. The third-order valence-electron chi connectivity index (χ3n) is 11.1. The minimum Gasteiger partial charge on any atom is -0.489 e. The molecule has 1 aliphatic carbocycles. The van der Waals surface area contributed by atoms with Crippen molar-refractivity contribution in [2.45, 2.75) is 62.4 Å². The second-order valence-corrected chi connectivity index (χ2v) is 15.8. The maximum Gasteiger partial charge on any atom is 0.319 e. The molecule has 6 heterocycles. The van der Waals surface area contributed by atoms with Crippen LogP contribution in [0.2, 0.25) is 5.02 Å². The molecule has 4 aliphatic heterocycles. The lowest BCUT2D eigenvalue weighted by Gasteiger charge is -2.31. The van der Waals surface area contributed by atoms with Gasteiger partial charge >= 0.3 is 6.01 Å². The summed E-state index contributed by atoms with van der Waals surface area (Å²) in [6.07, 6.45) is 3.75. The second-order valence-electron chi connectivity index (χ2n) is 14.3. The number of rotatable bonds is 8. The number of nitrogens with two attached hydrogens (primary N) is 1. The Morgan fingerprint density at radius 1 is 1.17 bits per heavy atom. The molecule has 11 nitrogen and oxygen atoms in total. The first-order chi connectivity index (χ1) is 25.2. The van der Waals surface area contributed by atoms with Crippen molar-refractivity contribution < 1.29 is 32.2 Å². The van der Waals surface area contributed by atoms with E-state index in [0.717, 1.165) is 43.6 Å². The highest BCUT2D eigenvalue weighted by molar-refractivity contribution is 7.23. The van der Waals surface area contributed by atoms with Gasteiger partial charge in [0.25, 0.3) is 0 Å². The molecule has 16 heteroatoms. The van der Waals surface area contributed by atoms with Crippen LogP contribution in [0, 0.1) is 23.0 Å². The van der Waals surface area contributed by atoms with Gasteiger partial charge in [0.1, 0.15) is 54.2 Å². The Labute approximate surface area is 306 Å². The van der Waals surface area contributed by atoms with Gasteiger partial charge in [-0.3, -0.25) is 9.69 Å². The smallest absolute Gasteiger partial charge is 0.319 e. The number of hydrogen-bond acceptors (Lipinski definition) is 11. The minimum absolute atomic E-state index is 0.0152. The number of alkyl halides is 1. The second kappa shape index (κ2) is 12.8. The number of hydrogen-bond donors (Lipinski definition) is 1. The van der Waals surface area contributed by atoms with Crippen LogP contribution in [0.25, 0.3) is 32.1 Å². The van der Waals surface area contributed by atoms with E-state index < -0.39 is 23.3 Å². The van der Waals surface area contributed by atoms with Crippen LogP contribution in [-0.2, 0) is 9.53 Å². The standard InChI is InChI=1S/C36H35ClF3N7O4S/c37-28-26(21-4-5-23(39)32-25(21)22(13-41)33(42)52-32)29(40)30-27-31(28)49-11-10-47(19-6-9-45(15-19)24(48)16-50-20-2-3-20)34(27)44-35(43-30)51-17-36-7-1-8-46(36)14-18(38)12-36/h4-5,18-20H,1-3,6-12,14-17,42H2/t18-,19?,36+/m1/s1. The molecule has 0 radical (unpaired) electrons. The van der Waals surface area contributed by atoms with Crippen LogP contribution in [0.5, 0.6) is 11.8 Å². The number of amides is 1. The number of carbonyl (C=O) groups is 1. The fourth-order valence-electron chi connectivity index (χ4n) is 8.48. The van der Waals surface area contributed by atoms with Crippen LogP contribution in [0.3, 0.4) is 0 Å². The summed E-state index contributed by atoms with van der Waals surface area (Å²) in [5, 5.41) is 10.3. The highest BCUT2D eigenvalue weighted by Gasteiger charge is 2.49. The normalized spacial score (nSPS) is 24.4. The molecule has 1 amide bonds. The molecule has 0 bridgehead atoms. The Kier molecular flexibility index (Phi) is 8.29. The number of halogens is 4. The predicted molar refractivity (Wildman–Crippen MR) is 190 cm³/mol. The van der Waals surface area contributed by atoms with Crippen LogP contribution in [0.4, 0.5) is 24.0 Å². The molecule has 4 aromatic rings. The Balaban J connectivity index is 1.17. The molecular formula is C36H35ClF3N7O4S. The molecule has 9 rings (SSSR count). The molecule has 2 aromatic carbocycles. The number of fused-ring (bicyclic) bond motifs is 2. The summed E-state index contributed by atoms with van der Waals surface area (Å²) in [5.74, 6) is -1.06. The van der Waals surface area contributed by atoms with Gasteiger partial charge in [0.15, 0.2) is 11.6 Å². The molecule has 3 atom stereocenters. The molecule has 52 heavy (non-hydrogen) atoms. The third-order valence-corrected chi connectivity index (χ3v) is 12.5. The number of aromatic nitrogens is 2. The molecule has 2 aromatic heterocycles. The fourth-order valence-corrected chi connectivity index (χ4v) is 9.76. The van der Waals surface area contributed by atoms with Crippen LogP contribution in [-0.4, -0.2) is 102 Å². The first-order valence-electron chi connectivity index (χ1n) is 17.6. The van der Waals surface area contributed by atoms with Crippen molar-refractivity contribution in [3.05, 3.63) is 34.4 Å². The van der Waals surface area contributed by atoms with Crippen LogP contribution in [0.1, 0.15) is 44.1 Å². The number of nitrogen functional groups attached to an aromatic ring is 1. The topological polar surface area (TPSA) is 130 Å². The average Bonchev–Trinajstić information content (AvgIpc) is 3.41. The van der Waals surface area contributed by atoms with Gasteiger partial charge in [0.05, 0.1) is 38.9 Å². The maximum atomic E-state index is 17.3. The molecule has 4 fully saturated rings. The zero-order chi connectivity index (χ0) is 35.9. The van der Waals surface area contributed by atoms with E-state index in [1.54, 1.807) is 4.90 Å². The van der Waals surface area contributed by atoms with Crippen molar-refractivity contribution in [1.82, 2.24) is 19.8 Å². The van der Waals surface area contributed by atoms with E-state index >= 15 is 8.78 Å². The van der Waals surface area contributed by atoms with E-state index in [9.17, 15) is 14.4 Å². The molecule has 272 valence electrons. The van der Waals surface area contributed by atoms with E-state index in [1.165, 1.54) is 12.1 Å². The predicted octanol–water partition coefficient (Wildman–Crippen LogP) is 5.83. The number of anilines is 2. The lowest BCUT2D eigenvalue weighted by molar-refractivity contribution is -0.135. The molecular weight excluding hydrogens is 719 g/mol. The van der Waals surface area contributed by atoms with E-state index in [2.05, 4.69) is 9.88 Å². The molecule has 1 saturated carbocycles. The number of ether oxygens (including phenoxy) is 3. The molecule has 5 aliphatic rings. The van der Waals surface area contributed by atoms with Crippen molar-refractivity contribution in [1.29, 1.82) is 5.26 Å². The molecule has 1 unspecified atom stereocenters. The van der Waals surface area contributed by atoms with Crippen molar-refractivity contribution in [3.8, 4) is 29.0 Å². The lowest BCUT2D eigenvalue weighted by Crippen LogP contribution is -2.43. The van der Waals surface area contributed by atoms with E-state index in [-0.39, 0.29) is 97.3 Å². The number of nitriles is 1. The summed E-state index contributed by atoms with van der Waals surface area (Å²) < 4.78 is 65.4. The summed E-state index contributed by atoms with van der Waals surface area (Å²) in [4.78, 5) is 28.4. The van der Waals surface area contributed by atoms with Crippen molar-refractivity contribution >= 4 is 60.7 Å². The van der Waals surface area contributed by atoms with Crippen LogP contribution in [0.15, 0.2) is 12.1 Å². The number of thiophene rings is 1. The first-order valence-corrected chi connectivity index (χ1v) is 18.8. The molecule has 0 spiro atoms. The van der Waals surface area contributed by atoms with Gasteiger partial charge in [0, 0.05) is 43.0 Å². The SMILES string of the molecule is N#Cc1c(N)sc2c(F)ccc(-c3c(Cl)c4c5c(nc(OC[C@@]67CCCN6C[C@H](F)C7)nc5c3F)N(C3CCN(C(=O)COC5CC5)C3)CCO4)c12. The number of likely N-dealkylation sites (tertiary alicyclic amines) is 1. The van der Waals surface area contributed by atoms with Crippen molar-refractivity contribution in [2.75, 3.05) is 63.2 Å². The monoisotopic (exact) mass is 753 g/mol. The van der Waals surface area contributed by atoms with Gasteiger partial charge in [-0.1, -0.05) is 17.7 Å². The van der Waals surface area contributed by atoms with E-state index in [0.29, 0.717) is 44.8 Å². The quantitative estimate of drug-likeness (QED) is 0.235. The molecule has 3 saturated heterocycles. The zero-order valence-electron chi connectivity index (χ0n) is 28.1. The summed E-state index contributed by atoms with van der Waals surface area (Å²) in [6, 6.07) is 4.30. The largest absolute Gasteiger partial charge is 0.489 e. The Hall–Kier alpha value is -4.10. The van der Waals surface area contributed by atoms with Crippen molar-refractivity contribution in [3.63, 3.8) is 0 Å². The molecule has 2 N–H and O–H groups in total. The van der Waals surface area contributed by atoms with Gasteiger partial charge < -0.3 is 29.7 Å². The van der Waals surface area contributed by atoms with Gasteiger partial charge in [-0.15, -0.1) is 11.3 Å². The average molecular weight is 754 g/mol. The van der Waals surface area contributed by atoms with Crippen molar-refractivity contribution in [2.24, 2.45) is 0 Å². The zero-order valence-corrected chi connectivity index (χ0v) is 29.7.